The lowest BCUT2D eigenvalue weighted by molar-refractivity contribution is 0.0883. The molecule has 0 saturated heterocycles. The van der Waals surface area contributed by atoms with Crippen LogP contribution in [0.15, 0.2) is 48.7 Å². The monoisotopic (exact) mass is 326 g/mol. The first-order chi connectivity index (χ1) is 11.4. The summed E-state index contributed by atoms with van der Waals surface area (Å²) in [5.74, 6) is 0.865. The quantitative estimate of drug-likeness (QED) is 0.856. The van der Waals surface area contributed by atoms with Crippen molar-refractivity contribution < 1.29 is 4.79 Å². The zero-order chi connectivity index (χ0) is 17.7. The highest BCUT2D eigenvalue weighted by atomic mass is 16.1. The van der Waals surface area contributed by atoms with E-state index < -0.39 is 5.54 Å². The van der Waals surface area contributed by atoms with Crippen LogP contribution in [0.4, 0.5) is 11.5 Å². The van der Waals surface area contributed by atoms with Crippen molar-refractivity contribution in [1.82, 2.24) is 10.3 Å². The Bertz CT molecular complexity index is 670. The Morgan fingerprint density at radius 1 is 1.25 bits per heavy atom. The van der Waals surface area contributed by atoms with Crippen LogP contribution in [0.2, 0.25) is 0 Å². The molecule has 0 spiro atoms. The van der Waals surface area contributed by atoms with Gasteiger partial charge in [0.05, 0.1) is 11.1 Å². The van der Waals surface area contributed by atoms with Gasteiger partial charge < -0.3 is 16.0 Å². The SMILES string of the molecule is CC(C)C(C)(CN)NC(=O)c1ccc(N(C)c2ccccc2)nc1. The molecule has 0 aliphatic rings. The fraction of sp³-hybridized carbons (Fsp3) is 0.368. The van der Waals surface area contributed by atoms with E-state index in [9.17, 15) is 4.79 Å². The molecule has 0 radical (unpaired) electrons. The van der Waals surface area contributed by atoms with Crippen LogP contribution in [0.25, 0.3) is 0 Å². The number of nitrogens with zero attached hydrogens (tertiary/aromatic N) is 2. The Balaban J connectivity index is 2.13. The minimum Gasteiger partial charge on any atom is -0.345 e. The van der Waals surface area contributed by atoms with E-state index in [2.05, 4.69) is 10.3 Å². The van der Waals surface area contributed by atoms with Gasteiger partial charge in [0.25, 0.3) is 5.91 Å². The van der Waals surface area contributed by atoms with Crippen molar-refractivity contribution in [1.29, 1.82) is 0 Å². The maximum atomic E-state index is 12.5. The lowest BCUT2D eigenvalue weighted by atomic mass is 9.88. The van der Waals surface area contributed by atoms with Gasteiger partial charge in [-0.3, -0.25) is 4.79 Å². The van der Waals surface area contributed by atoms with Gasteiger partial charge in [0, 0.05) is 25.5 Å². The molecule has 1 aromatic carbocycles. The Hall–Kier alpha value is -2.40. The number of nitrogens with one attached hydrogen (secondary N) is 1. The molecule has 128 valence electrons. The van der Waals surface area contributed by atoms with Gasteiger partial charge in [-0.15, -0.1) is 0 Å². The van der Waals surface area contributed by atoms with Crippen molar-refractivity contribution in [3.05, 3.63) is 54.2 Å². The van der Waals surface area contributed by atoms with Crippen molar-refractivity contribution in [2.45, 2.75) is 26.3 Å². The van der Waals surface area contributed by atoms with Gasteiger partial charge in [0.1, 0.15) is 5.82 Å². The van der Waals surface area contributed by atoms with E-state index in [-0.39, 0.29) is 11.8 Å². The number of nitrogens with two attached hydrogens (primary N) is 1. The number of para-hydroxylation sites is 1. The van der Waals surface area contributed by atoms with Gasteiger partial charge in [-0.2, -0.15) is 0 Å². The van der Waals surface area contributed by atoms with Crippen molar-refractivity contribution >= 4 is 17.4 Å². The zero-order valence-corrected chi connectivity index (χ0v) is 14.8. The van der Waals surface area contributed by atoms with Crippen LogP contribution in [-0.4, -0.2) is 30.0 Å². The first-order valence-electron chi connectivity index (χ1n) is 8.15. The summed E-state index contributed by atoms with van der Waals surface area (Å²) in [4.78, 5) is 18.8. The zero-order valence-electron chi connectivity index (χ0n) is 14.8. The predicted molar refractivity (Wildman–Crippen MR) is 98.5 cm³/mol. The molecule has 1 aromatic heterocycles. The van der Waals surface area contributed by atoms with E-state index in [1.807, 2.05) is 69.1 Å². The summed E-state index contributed by atoms with van der Waals surface area (Å²) in [6.45, 7) is 6.44. The molecular weight excluding hydrogens is 300 g/mol. The van der Waals surface area contributed by atoms with E-state index in [1.165, 1.54) is 0 Å². The molecule has 5 nitrogen and oxygen atoms in total. The average Bonchev–Trinajstić information content (AvgIpc) is 2.61. The standard InChI is InChI=1S/C19H26N4O/c1-14(2)19(3,13-20)22-18(24)15-10-11-17(21-12-15)23(4)16-8-6-5-7-9-16/h5-12,14H,13,20H2,1-4H3,(H,22,24). The first-order valence-corrected chi connectivity index (χ1v) is 8.15. The van der Waals surface area contributed by atoms with Crippen LogP contribution in [0.1, 0.15) is 31.1 Å². The lowest BCUT2D eigenvalue weighted by Crippen LogP contribution is -2.55. The second kappa shape index (κ2) is 7.45. The summed E-state index contributed by atoms with van der Waals surface area (Å²) in [7, 11) is 1.95. The third-order valence-corrected chi connectivity index (χ3v) is 4.59. The maximum absolute atomic E-state index is 12.5. The van der Waals surface area contributed by atoms with Crippen LogP contribution in [0.5, 0.6) is 0 Å². The second-order valence-corrected chi connectivity index (χ2v) is 6.53. The third-order valence-electron chi connectivity index (χ3n) is 4.59. The highest BCUT2D eigenvalue weighted by Crippen LogP contribution is 2.21. The number of carbonyl (C=O) groups is 1. The second-order valence-electron chi connectivity index (χ2n) is 6.53. The number of benzene rings is 1. The van der Waals surface area contributed by atoms with E-state index >= 15 is 0 Å². The molecule has 3 N–H and O–H groups in total. The van der Waals surface area contributed by atoms with Crippen LogP contribution in [0, 0.1) is 5.92 Å². The van der Waals surface area contributed by atoms with Gasteiger partial charge in [0.15, 0.2) is 0 Å². The molecule has 0 fully saturated rings. The van der Waals surface area contributed by atoms with Crippen LogP contribution >= 0.6 is 0 Å². The summed E-state index contributed by atoms with van der Waals surface area (Å²) in [5, 5.41) is 3.02. The average molecular weight is 326 g/mol. The number of amides is 1. The van der Waals surface area contributed by atoms with Crippen LogP contribution in [-0.2, 0) is 0 Å². The minimum atomic E-state index is -0.434. The highest BCUT2D eigenvalue weighted by molar-refractivity contribution is 5.94. The van der Waals surface area contributed by atoms with Crippen molar-refractivity contribution in [2.24, 2.45) is 11.7 Å². The fourth-order valence-corrected chi connectivity index (χ4v) is 2.27. The topological polar surface area (TPSA) is 71.2 Å². The number of pyridine rings is 1. The van der Waals surface area contributed by atoms with Crippen molar-refractivity contribution in [2.75, 3.05) is 18.5 Å². The number of hydrogen-bond donors (Lipinski definition) is 2. The summed E-state index contributed by atoms with van der Waals surface area (Å²) in [6, 6.07) is 13.6. The van der Waals surface area contributed by atoms with Crippen molar-refractivity contribution in [3.63, 3.8) is 0 Å². The van der Waals surface area contributed by atoms with Gasteiger partial charge in [-0.1, -0.05) is 32.0 Å². The van der Waals surface area contributed by atoms with Gasteiger partial charge in [-0.25, -0.2) is 4.98 Å². The Morgan fingerprint density at radius 3 is 2.42 bits per heavy atom. The molecule has 0 aliphatic heterocycles. The normalized spacial score (nSPS) is 13.4. The fourth-order valence-electron chi connectivity index (χ4n) is 2.27. The Morgan fingerprint density at radius 2 is 1.92 bits per heavy atom. The Labute approximate surface area is 143 Å². The molecule has 0 aliphatic carbocycles. The van der Waals surface area contributed by atoms with Crippen LogP contribution in [0.3, 0.4) is 0 Å². The molecule has 5 heteroatoms. The summed E-state index contributed by atoms with van der Waals surface area (Å²) >= 11 is 0. The van der Waals surface area contributed by atoms with Crippen LogP contribution < -0.4 is 16.0 Å². The summed E-state index contributed by atoms with van der Waals surface area (Å²) in [5.41, 5.74) is 6.96. The molecule has 1 amide bonds. The van der Waals surface area contributed by atoms with Gasteiger partial charge in [-0.05, 0) is 37.1 Å². The molecule has 24 heavy (non-hydrogen) atoms. The highest BCUT2D eigenvalue weighted by Gasteiger charge is 2.29. The van der Waals surface area contributed by atoms with E-state index in [0.29, 0.717) is 12.1 Å². The van der Waals surface area contributed by atoms with Gasteiger partial charge in [0.2, 0.25) is 0 Å². The molecule has 0 bridgehead atoms. The van der Waals surface area contributed by atoms with Crippen molar-refractivity contribution in [3.8, 4) is 0 Å². The van der Waals surface area contributed by atoms with E-state index in [0.717, 1.165) is 11.5 Å². The molecule has 0 saturated carbocycles. The molecule has 1 heterocycles. The number of anilines is 2. The number of aromatic nitrogens is 1. The van der Waals surface area contributed by atoms with E-state index in [4.69, 9.17) is 5.73 Å². The smallest absolute Gasteiger partial charge is 0.253 e. The largest absolute Gasteiger partial charge is 0.345 e. The molecule has 2 rings (SSSR count). The Kier molecular flexibility index (Phi) is 5.57. The van der Waals surface area contributed by atoms with Gasteiger partial charge >= 0.3 is 0 Å². The lowest BCUT2D eigenvalue weighted by Gasteiger charge is -2.33. The minimum absolute atomic E-state index is 0.155. The third kappa shape index (κ3) is 3.92. The molecule has 1 unspecified atom stereocenters. The molecule has 2 aromatic rings. The molecule has 1 atom stereocenters. The predicted octanol–water partition coefficient (Wildman–Crippen LogP) is 2.95. The molecular formula is C19H26N4O. The summed E-state index contributed by atoms with van der Waals surface area (Å²) < 4.78 is 0. The first kappa shape index (κ1) is 17.9. The number of rotatable bonds is 6. The number of carbonyl (C=O) groups excluding carboxylic acids is 1. The number of hydrogen-bond acceptors (Lipinski definition) is 4. The summed E-state index contributed by atoms with van der Waals surface area (Å²) in [6.07, 6.45) is 1.60. The van der Waals surface area contributed by atoms with E-state index in [1.54, 1.807) is 12.3 Å². The maximum Gasteiger partial charge on any atom is 0.253 e.